The number of benzene rings is 1. The number of rotatable bonds is 6. The molecule has 0 aliphatic carbocycles. The Morgan fingerprint density at radius 1 is 1.18 bits per heavy atom. The highest BCUT2D eigenvalue weighted by Crippen LogP contribution is 2.36. The SMILES string of the molecule is Cn1cnc2c(c(-c3cc(Cl)c(O)c(C(N)=O)c3)cn2CC(=O)Nc2cc(N3CC4CC(C3)O4)ncc2Cl)c1=O. The molecule has 2 unspecified atom stereocenters. The van der Waals surface area contributed by atoms with Gasteiger partial charge in [0.05, 0.1) is 51.4 Å². The van der Waals surface area contributed by atoms with E-state index in [1.165, 1.54) is 33.8 Å². The number of piperidine rings is 1. The number of aryl methyl sites for hydroxylation is 1. The molecule has 0 saturated carbocycles. The Kier molecular flexibility index (Phi) is 6.40. The molecular formula is C26H23Cl2N7O5. The highest BCUT2D eigenvalue weighted by atomic mass is 35.5. The van der Waals surface area contributed by atoms with E-state index in [9.17, 15) is 19.5 Å². The zero-order valence-electron chi connectivity index (χ0n) is 21.1. The molecule has 1 aromatic carbocycles. The Balaban J connectivity index is 1.33. The summed E-state index contributed by atoms with van der Waals surface area (Å²) in [6, 6.07) is 4.47. The molecule has 3 aliphatic heterocycles. The minimum atomic E-state index is -0.891. The first-order chi connectivity index (χ1) is 19.1. The molecule has 4 N–H and O–H groups in total. The summed E-state index contributed by atoms with van der Waals surface area (Å²) in [6.07, 6.45) is 5.82. The maximum Gasteiger partial charge on any atom is 0.263 e. The van der Waals surface area contributed by atoms with Crippen LogP contribution in [0.1, 0.15) is 16.8 Å². The number of nitrogens with zero attached hydrogens (tertiary/aromatic N) is 5. The molecule has 12 nitrogen and oxygen atoms in total. The van der Waals surface area contributed by atoms with E-state index in [-0.39, 0.29) is 51.0 Å². The van der Waals surface area contributed by atoms with Crippen molar-refractivity contribution in [3.8, 4) is 16.9 Å². The van der Waals surface area contributed by atoms with Crippen molar-refractivity contribution in [1.82, 2.24) is 19.1 Å². The number of hydrogen-bond donors (Lipinski definition) is 3. The van der Waals surface area contributed by atoms with Crippen molar-refractivity contribution >= 4 is 57.6 Å². The molecule has 14 heteroatoms. The van der Waals surface area contributed by atoms with Gasteiger partial charge in [-0.25, -0.2) is 9.97 Å². The van der Waals surface area contributed by atoms with Gasteiger partial charge in [0.25, 0.3) is 11.5 Å². The second-order valence-electron chi connectivity index (χ2n) is 9.84. The summed E-state index contributed by atoms with van der Waals surface area (Å²) in [7, 11) is 1.54. The number of anilines is 2. The third kappa shape index (κ3) is 4.53. The molecule has 0 radical (unpaired) electrons. The minimum Gasteiger partial charge on any atom is -0.506 e. The third-order valence-electron chi connectivity index (χ3n) is 7.09. The van der Waals surface area contributed by atoms with E-state index in [1.54, 1.807) is 19.3 Å². The van der Waals surface area contributed by atoms with E-state index in [1.807, 2.05) is 0 Å². The number of carbonyl (C=O) groups excluding carboxylic acids is 2. The second-order valence-corrected chi connectivity index (χ2v) is 10.7. The minimum absolute atomic E-state index is 0.119. The lowest BCUT2D eigenvalue weighted by Gasteiger charge is -2.47. The molecule has 3 aromatic heterocycles. The molecule has 3 saturated heterocycles. The van der Waals surface area contributed by atoms with Crippen LogP contribution >= 0.6 is 23.2 Å². The van der Waals surface area contributed by atoms with Crippen LogP contribution < -0.4 is 21.5 Å². The lowest BCUT2D eigenvalue weighted by molar-refractivity contribution is -0.133. The van der Waals surface area contributed by atoms with Crippen molar-refractivity contribution in [3.63, 3.8) is 0 Å². The number of aromatic nitrogens is 4. The third-order valence-corrected chi connectivity index (χ3v) is 7.68. The number of halogens is 2. The van der Waals surface area contributed by atoms with Crippen LogP contribution in [-0.2, 0) is 23.1 Å². The molecule has 40 heavy (non-hydrogen) atoms. The van der Waals surface area contributed by atoms with Gasteiger partial charge in [0.1, 0.15) is 23.8 Å². The Bertz CT molecular complexity index is 1750. The molecule has 206 valence electrons. The van der Waals surface area contributed by atoms with Crippen LogP contribution in [0.15, 0.2) is 41.7 Å². The maximum atomic E-state index is 13.2. The Labute approximate surface area is 236 Å². The molecule has 0 spiro atoms. The zero-order valence-corrected chi connectivity index (χ0v) is 22.6. The van der Waals surface area contributed by atoms with Gasteiger partial charge in [-0.05, 0) is 17.7 Å². The average molecular weight is 584 g/mol. The van der Waals surface area contributed by atoms with Crippen LogP contribution in [0.3, 0.4) is 0 Å². The fourth-order valence-corrected chi connectivity index (χ4v) is 5.50. The zero-order chi connectivity index (χ0) is 28.3. The summed E-state index contributed by atoms with van der Waals surface area (Å²) in [5, 5.41) is 13.3. The van der Waals surface area contributed by atoms with E-state index in [4.69, 9.17) is 33.7 Å². The molecule has 2 amide bonds. The summed E-state index contributed by atoms with van der Waals surface area (Å²) in [4.78, 5) is 49.1. The van der Waals surface area contributed by atoms with E-state index in [2.05, 4.69) is 20.2 Å². The van der Waals surface area contributed by atoms with Gasteiger partial charge in [-0.1, -0.05) is 23.2 Å². The highest BCUT2D eigenvalue weighted by molar-refractivity contribution is 6.34. The van der Waals surface area contributed by atoms with Crippen LogP contribution in [0.2, 0.25) is 10.0 Å². The number of hydrogen-bond acceptors (Lipinski definition) is 8. The topological polar surface area (TPSA) is 158 Å². The normalized spacial score (nSPS) is 18.0. The van der Waals surface area contributed by atoms with Gasteiger partial charge in [0, 0.05) is 44.4 Å². The Morgan fingerprint density at radius 3 is 2.60 bits per heavy atom. The van der Waals surface area contributed by atoms with Gasteiger partial charge in [0.15, 0.2) is 0 Å². The molecule has 4 aromatic rings. The van der Waals surface area contributed by atoms with Crippen molar-refractivity contribution < 1.29 is 19.4 Å². The average Bonchev–Trinajstić information content (AvgIpc) is 3.27. The number of primary amides is 1. The number of pyridine rings is 1. The largest absolute Gasteiger partial charge is 0.506 e. The quantitative estimate of drug-likeness (QED) is 0.312. The summed E-state index contributed by atoms with van der Waals surface area (Å²) in [5.41, 5.74) is 6.16. The lowest BCUT2D eigenvalue weighted by Crippen LogP contribution is -2.57. The number of carbonyl (C=O) groups is 2. The van der Waals surface area contributed by atoms with E-state index >= 15 is 0 Å². The standard InChI is InChI=1S/C26H23Cl2N7O5/c1-33-11-31-25-22(26(33)39)16(12-2-15(24(29)38)23(37)17(27)3-12)9-35(25)10-21(36)32-19-5-20(30-6-18(19)28)34-7-13-4-14(8-34)40-13/h2-3,5-6,9,11,13-14,37H,4,7-8,10H2,1H3,(H2,29,38)(H,30,32,36). The van der Waals surface area contributed by atoms with Crippen LogP contribution in [0.25, 0.3) is 22.2 Å². The smallest absolute Gasteiger partial charge is 0.263 e. The first kappa shape index (κ1) is 26.1. The summed E-state index contributed by atoms with van der Waals surface area (Å²) in [5.74, 6) is -1.09. The van der Waals surface area contributed by atoms with Gasteiger partial charge < -0.3 is 34.9 Å². The number of ether oxygens (including phenoxy) is 1. The molecule has 2 bridgehead atoms. The molecule has 7 rings (SSSR count). The summed E-state index contributed by atoms with van der Waals surface area (Å²) in [6.45, 7) is 1.23. The van der Waals surface area contributed by atoms with Gasteiger partial charge in [0.2, 0.25) is 5.91 Å². The molecule has 2 atom stereocenters. The molecule has 6 heterocycles. The number of aromatic hydroxyl groups is 1. The first-order valence-electron chi connectivity index (χ1n) is 12.3. The summed E-state index contributed by atoms with van der Waals surface area (Å²) < 4.78 is 8.49. The predicted molar refractivity (Wildman–Crippen MR) is 149 cm³/mol. The van der Waals surface area contributed by atoms with Crippen molar-refractivity contribution in [2.24, 2.45) is 12.8 Å². The second kappa shape index (κ2) is 9.81. The number of morpholine rings is 1. The van der Waals surface area contributed by atoms with Crippen molar-refractivity contribution in [1.29, 1.82) is 0 Å². The van der Waals surface area contributed by atoms with E-state index in [0.29, 0.717) is 22.6 Å². The van der Waals surface area contributed by atoms with Gasteiger partial charge in [-0.2, -0.15) is 0 Å². The van der Waals surface area contributed by atoms with Crippen LogP contribution in [-0.4, -0.2) is 61.3 Å². The fourth-order valence-electron chi connectivity index (χ4n) is 5.13. The number of nitrogens with one attached hydrogen (secondary N) is 1. The molecule has 3 aliphatic rings. The van der Waals surface area contributed by atoms with Gasteiger partial charge in [-0.15, -0.1) is 0 Å². The number of phenols is 1. The first-order valence-corrected chi connectivity index (χ1v) is 13.1. The van der Waals surface area contributed by atoms with Crippen LogP contribution in [0, 0.1) is 0 Å². The van der Waals surface area contributed by atoms with Crippen molar-refractivity contribution in [2.45, 2.75) is 25.2 Å². The van der Waals surface area contributed by atoms with Crippen molar-refractivity contribution in [3.05, 3.63) is 62.9 Å². The summed E-state index contributed by atoms with van der Waals surface area (Å²) >= 11 is 12.5. The molecule has 3 fully saturated rings. The number of nitrogens with two attached hydrogens (primary N) is 1. The monoisotopic (exact) mass is 583 g/mol. The number of amides is 2. The van der Waals surface area contributed by atoms with E-state index < -0.39 is 17.6 Å². The van der Waals surface area contributed by atoms with Crippen molar-refractivity contribution in [2.75, 3.05) is 23.3 Å². The molecular weight excluding hydrogens is 561 g/mol. The highest BCUT2D eigenvalue weighted by Gasteiger charge is 2.38. The maximum absolute atomic E-state index is 13.2. The Morgan fingerprint density at radius 2 is 1.90 bits per heavy atom. The van der Waals surface area contributed by atoms with Crippen LogP contribution in [0.5, 0.6) is 5.75 Å². The lowest BCUT2D eigenvalue weighted by atomic mass is 9.99. The number of fused-ring (bicyclic) bond motifs is 3. The van der Waals surface area contributed by atoms with Crippen LogP contribution in [0.4, 0.5) is 11.5 Å². The van der Waals surface area contributed by atoms with E-state index in [0.717, 1.165) is 19.5 Å². The van der Waals surface area contributed by atoms with Gasteiger partial charge in [-0.3, -0.25) is 14.4 Å². The Hall–Kier alpha value is -4.13. The predicted octanol–water partition coefficient (Wildman–Crippen LogP) is 2.52. The van der Waals surface area contributed by atoms with Gasteiger partial charge >= 0.3 is 0 Å². The fraction of sp³-hybridized carbons (Fsp3) is 0.269.